The Morgan fingerprint density at radius 1 is 0.884 bits per heavy atom. The first-order valence-electron chi connectivity index (χ1n) is 14.3. The molecule has 0 unspecified atom stereocenters. The van der Waals surface area contributed by atoms with Crippen LogP contribution in [0.5, 0.6) is 0 Å². The third kappa shape index (κ3) is 7.63. The predicted molar refractivity (Wildman–Crippen MR) is 172 cm³/mol. The van der Waals surface area contributed by atoms with E-state index in [0.29, 0.717) is 31.6 Å². The Balaban J connectivity index is 1.30. The van der Waals surface area contributed by atoms with E-state index in [2.05, 4.69) is 22.0 Å². The Morgan fingerprint density at radius 2 is 1.60 bits per heavy atom. The molecule has 1 aliphatic rings. The van der Waals surface area contributed by atoms with Crippen molar-refractivity contribution in [3.63, 3.8) is 0 Å². The summed E-state index contributed by atoms with van der Waals surface area (Å²) in [6.07, 6.45) is 1.66. The summed E-state index contributed by atoms with van der Waals surface area (Å²) in [5.41, 5.74) is 2.47. The number of amides is 1. The van der Waals surface area contributed by atoms with Crippen LogP contribution in [-0.2, 0) is 22.6 Å². The number of anilines is 1. The highest BCUT2D eigenvalue weighted by Gasteiger charge is 2.34. The minimum atomic E-state index is -1.07. The lowest BCUT2D eigenvalue weighted by atomic mass is 9.98. The standard InChI is InChI=1S/C34H34N4O4S/c39-31(22-35-21-23-9-2-1-3-10-23)29(20-24-16-17-25-11-4-5-12-26(25)19-24)36-32(40)30-15-8-18-38(30)34(43)37-28-14-7-6-13-27(28)33(41)42/h1-7,9-14,16-17,19,29-30,35H,8,15,18,20-22H2,(H,36,40)(H,37,43)(H,41,42)/t29-,30-/m0/s1. The molecule has 0 aliphatic carbocycles. The Bertz CT molecular complexity index is 1630. The number of benzene rings is 4. The lowest BCUT2D eigenvalue weighted by molar-refractivity contribution is -0.129. The lowest BCUT2D eigenvalue weighted by Crippen LogP contribution is -2.53. The van der Waals surface area contributed by atoms with Crippen molar-refractivity contribution in [2.24, 2.45) is 0 Å². The SMILES string of the molecule is O=C(O)c1ccccc1NC(=S)N1CCC[C@H]1C(=O)N[C@@H](Cc1ccc2ccccc2c1)C(=O)CNCc1ccccc1. The predicted octanol–water partition coefficient (Wildman–Crippen LogP) is 4.79. The molecule has 8 nitrogen and oxygen atoms in total. The van der Waals surface area contributed by atoms with Crippen LogP contribution in [0.25, 0.3) is 10.8 Å². The summed E-state index contributed by atoms with van der Waals surface area (Å²) in [5.74, 6) is -1.47. The molecule has 5 rings (SSSR count). The molecular formula is C34H34N4O4S. The molecule has 1 aliphatic heterocycles. The van der Waals surface area contributed by atoms with Gasteiger partial charge in [-0.15, -0.1) is 0 Å². The van der Waals surface area contributed by atoms with Crippen LogP contribution in [0.1, 0.15) is 34.3 Å². The van der Waals surface area contributed by atoms with Crippen LogP contribution >= 0.6 is 12.2 Å². The molecule has 9 heteroatoms. The van der Waals surface area contributed by atoms with Gasteiger partial charge in [0.05, 0.1) is 23.8 Å². The second-order valence-electron chi connectivity index (χ2n) is 10.6. The summed E-state index contributed by atoms with van der Waals surface area (Å²) in [4.78, 5) is 40.7. The molecule has 0 saturated carbocycles. The molecule has 0 bridgehead atoms. The van der Waals surface area contributed by atoms with Crippen LogP contribution in [0.15, 0.2) is 97.1 Å². The summed E-state index contributed by atoms with van der Waals surface area (Å²) in [6, 6.07) is 29.1. The van der Waals surface area contributed by atoms with Crippen LogP contribution in [0.2, 0.25) is 0 Å². The van der Waals surface area contributed by atoms with Crippen molar-refractivity contribution >= 4 is 51.4 Å². The van der Waals surface area contributed by atoms with Crippen LogP contribution in [0.4, 0.5) is 5.69 Å². The van der Waals surface area contributed by atoms with Crippen molar-refractivity contribution in [1.29, 1.82) is 0 Å². The Morgan fingerprint density at radius 3 is 2.40 bits per heavy atom. The van der Waals surface area contributed by atoms with Gasteiger partial charge in [-0.05, 0) is 65.5 Å². The van der Waals surface area contributed by atoms with Crippen molar-refractivity contribution in [2.75, 3.05) is 18.4 Å². The number of carbonyl (C=O) groups is 3. The van der Waals surface area contributed by atoms with Gasteiger partial charge in [0.2, 0.25) is 5.91 Å². The second-order valence-corrected chi connectivity index (χ2v) is 11.0. The lowest BCUT2D eigenvalue weighted by Gasteiger charge is -2.29. The minimum Gasteiger partial charge on any atom is -0.478 e. The van der Waals surface area contributed by atoms with E-state index in [0.717, 1.165) is 28.3 Å². The molecule has 43 heavy (non-hydrogen) atoms. The van der Waals surface area contributed by atoms with E-state index in [1.165, 1.54) is 6.07 Å². The summed E-state index contributed by atoms with van der Waals surface area (Å²) >= 11 is 5.62. The summed E-state index contributed by atoms with van der Waals surface area (Å²) in [5, 5.41) is 21.3. The van der Waals surface area contributed by atoms with E-state index >= 15 is 0 Å². The highest BCUT2D eigenvalue weighted by Crippen LogP contribution is 2.22. The normalized spacial score (nSPS) is 15.2. The molecule has 1 saturated heterocycles. The number of carbonyl (C=O) groups excluding carboxylic acids is 2. The van der Waals surface area contributed by atoms with Gasteiger partial charge in [-0.1, -0.05) is 84.9 Å². The zero-order valence-corrected chi connectivity index (χ0v) is 24.5. The van der Waals surface area contributed by atoms with Crippen LogP contribution in [0.3, 0.4) is 0 Å². The number of hydrogen-bond donors (Lipinski definition) is 4. The van der Waals surface area contributed by atoms with Gasteiger partial charge in [0.15, 0.2) is 10.9 Å². The number of para-hydroxylation sites is 1. The second kappa shape index (κ2) is 14.0. The number of likely N-dealkylation sites (tertiary alicyclic amines) is 1. The van der Waals surface area contributed by atoms with E-state index in [1.807, 2.05) is 66.7 Å². The van der Waals surface area contributed by atoms with Gasteiger partial charge in [-0.25, -0.2) is 4.79 Å². The number of carboxylic acid groups (broad SMARTS) is 1. The number of thiocarbonyl (C=S) groups is 1. The molecule has 2 atom stereocenters. The highest BCUT2D eigenvalue weighted by atomic mass is 32.1. The molecule has 1 heterocycles. The van der Waals surface area contributed by atoms with Gasteiger partial charge >= 0.3 is 5.97 Å². The van der Waals surface area contributed by atoms with Crippen molar-refractivity contribution in [3.05, 3.63) is 114 Å². The van der Waals surface area contributed by atoms with Crippen molar-refractivity contribution in [3.8, 4) is 0 Å². The Labute approximate surface area is 256 Å². The van der Waals surface area contributed by atoms with Gasteiger partial charge in [-0.3, -0.25) is 9.59 Å². The van der Waals surface area contributed by atoms with Crippen molar-refractivity contribution in [1.82, 2.24) is 15.5 Å². The van der Waals surface area contributed by atoms with Crippen molar-refractivity contribution < 1.29 is 19.5 Å². The number of Topliss-reactive ketones (excluding diaryl/α,β-unsaturated/α-hetero) is 1. The number of nitrogens with one attached hydrogen (secondary N) is 3. The molecule has 0 radical (unpaired) electrons. The third-order valence-electron chi connectivity index (χ3n) is 7.65. The number of nitrogens with zero attached hydrogens (tertiary/aromatic N) is 1. The van der Waals surface area contributed by atoms with E-state index in [4.69, 9.17) is 12.2 Å². The molecule has 4 aromatic carbocycles. The Hall–Kier alpha value is -4.60. The monoisotopic (exact) mass is 594 g/mol. The van der Waals surface area contributed by atoms with Gasteiger partial charge < -0.3 is 26.0 Å². The molecule has 0 aromatic heterocycles. The first kappa shape index (κ1) is 29.9. The molecule has 220 valence electrons. The molecule has 4 N–H and O–H groups in total. The fraction of sp³-hybridized carbons (Fsp3) is 0.235. The smallest absolute Gasteiger partial charge is 0.337 e. The van der Waals surface area contributed by atoms with Gasteiger partial charge in [0.1, 0.15) is 6.04 Å². The third-order valence-corrected chi connectivity index (χ3v) is 7.98. The zero-order chi connectivity index (χ0) is 30.2. The van der Waals surface area contributed by atoms with E-state index in [-0.39, 0.29) is 28.9 Å². The molecule has 0 spiro atoms. The van der Waals surface area contributed by atoms with Crippen LogP contribution in [-0.4, -0.2) is 58.0 Å². The number of carboxylic acids is 1. The number of fused-ring (bicyclic) bond motifs is 1. The van der Waals surface area contributed by atoms with Gasteiger partial charge in [0, 0.05) is 13.1 Å². The average molecular weight is 595 g/mol. The maximum absolute atomic E-state index is 13.7. The topological polar surface area (TPSA) is 111 Å². The summed E-state index contributed by atoms with van der Waals surface area (Å²) < 4.78 is 0. The van der Waals surface area contributed by atoms with E-state index in [9.17, 15) is 19.5 Å². The van der Waals surface area contributed by atoms with Gasteiger partial charge in [0.25, 0.3) is 0 Å². The van der Waals surface area contributed by atoms with Gasteiger partial charge in [-0.2, -0.15) is 0 Å². The number of ketones is 1. The molecule has 4 aromatic rings. The fourth-order valence-electron chi connectivity index (χ4n) is 5.41. The fourth-order valence-corrected chi connectivity index (χ4v) is 5.74. The van der Waals surface area contributed by atoms with Crippen LogP contribution in [0, 0.1) is 0 Å². The summed E-state index contributed by atoms with van der Waals surface area (Å²) in [6.45, 7) is 1.19. The Kier molecular flexibility index (Phi) is 9.76. The molecule has 1 fully saturated rings. The number of hydrogen-bond acceptors (Lipinski definition) is 5. The average Bonchev–Trinajstić information content (AvgIpc) is 3.52. The first-order chi connectivity index (χ1) is 20.9. The number of rotatable bonds is 11. The molecular weight excluding hydrogens is 560 g/mol. The first-order valence-corrected chi connectivity index (χ1v) is 14.8. The van der Waals surface area contributed by atoms with Crippen molar-refractivity contribution in [2.45, 2.75) is 37.9 Å². The zero-order valence-electron chi connectivity index (χ0n) is 23.7. The summed E-state index contributed by atoms with van der Waals surface area (Å²) in [7, 11) is 0. The highest BCUT2D eigenvalue weighted by molar-refractivity contribution is 7.80. The molecule has 1 amide bonds. The maximum atomic E-state index is 13.7. The minimum absolute atomic E-state index is 0.0918. The quantitative estimate of drug-likeness (QED) is 0.184. The van der Waals surface area contributed by atoms with Crippen LogP contribution < -0.4 is 16.0 Å². The van der Waals surface area contributed by atoms with E-state index < -0.39 is 18.1 Å². The largest absolute Gasteiger partial charge is 0.478 e. The number of aromatic carboxylic acids is 1. The maximum Gasteiger partial charge on any atom is 0.337 e. The van der Waals surface area contributed by atoms with E-state index in [1.54, 1.807) is 23.1 Å².